The molecular formula is C24H25N3O4. The third kappa shape index (κ3) is 3.10. The highest BCUT2D eigenvalue weighted by atomic mass is 16.5. The molecule has 2 aliphatic carbocycles. The standard InChI is InChI=1S/C24H25N3O4/c1-23-12-24(13-23,14-30-23)20-11-27-10-15(19(9-21(27)26-20)31-16-5-6-16)8-18(28)17-4-3-7-25-22(17)29-2/h3-4,7,9-11,16H,5-6,8,12-14H2,1-2H3. The van der Waals surface area contributed by atoms with Crippen LogP contribution in [0.25, 0.3) is 5.65 Å². The molecule has 31 heavy (non-hydrogen) atoms. The van der Waals surface area contributed by atoms with Crippen molar-refractivity contribution in [3.05, 3.63) is 53.6 Å². The number of ketones is 1. The number of ether oxygens (including phenoxy) is 3. The normalized spacial score (nSPS) is 26.6. The van der Waals surface area contributed by atoms with Gasteiger partial charge in [0.25, 0.3) is 0 Å². The highest BCUT2D eigenvalue weighted by molar-refractivity contribution is 5.99. The third-order valence-electron chi connectivity index (χ3n) is 6.73. The zero-order valence-electron chi connectivity index (χ0n) is 17.8. The Bertz CT molecular complexity index is 1190. The number of Topliss-reactive ketones (excluding diaryl/α,β-unsaturated/α-hetero) is 1. The van der Waals surface area contributed by atoms with Crippen LogP contribution < -0.4 is 9.47 Å². The summed E-state index contributed by atoms with van der Waals surface area (Å²) in [5, 5.41) is 0. The number of hydrogen-bond donors (Lipinski definition) is 0. The van der Waals surface area contributed by atoms with Crippen molar-refractivity contribution in [1.82, 2.24) is 14.4 Å². The number of carbonyl (C=O) groups excluding carboxylic acids is 1. The maximum atomic E-state index is 13.1. The average molecular weight is 419 g/mol. The Kier molecular flexibility index (Phi) is 3.96. The highest BCUT2D eigenvalue weighted by Gasteiger charge is 2.61. The molecule has 0 atom stereocenters. The number of fused-ring (bicyclic) bond motifs is 2. The summed E-state index contributed by atoms with van der Waals surface area (Å²) in [6, 6.07) is 5.46. The summed E-state index contributed by atoms with van der Waals surface area (Å²) in [5.74, 6) is 1.03. The lowest BCUT2D eigenvalue weighted by Gasteiger charge is -2.41. The van der Waals surface area contributed by atoms with E-state index in [1.165, 1.54) is 7.11 Å². The minimum Gasteiger partial charge on any atom is -0.490 e. The van der Waals surface area contributed by atoms with Crippen molar-refractivity contribution in [2.24, 2.45) is 0 Å². The molecule has 0 spiro atoms. The first kappa shape index (κ1) is 18.8. The van der Waals surface area contributed by atoms with Gasteiger partial charge in [0.2, 0.25) is 5.88 Å². The Labute approximate surface area is 180 Å². The molecule has 4 aliphatic rings. The van der Waals surface area contributed by atoms with Crippen molar-refractivity contribution in [3.8, 4) is 11.6 Å². The first-order chi connectivity index (χ1) is 15.0. The van der Waals surface area contributed by atoms with Gasteiger partial charge in [-0.25, -0.2) is 9.97 Å². The fourth-order valence-corrected chi connectivity index (χ4v) is 5.11. The summed E-state index contributed by atoms with van der Waals surface area (Å²) >= 11 is 0. The predicted octanol–water partition coefficient (Wildman–Crippen LogP) is 3.53. The lowest BCUT2D eigenvalue weighted by molar-refractivity contribution is 0.0154. The minimum absolute atomic E-state index is 0.0103. The fourth-order valence-electron chi connectivity index (χ4n) is 5.11. The third-order valence-corrected chi connectivity index (χ3v) is 6.73. The number of imidazole rings is 1. The van der Waals surface area contributed by atoms with Crippen molar-refractivity contribution in [3.63, 3.8) is 0 Å². The quantitative estimate of drug-likeness (QED) is 0.546. The molecule has 2 bridgehead atoms. The van der Waals surface area contributed by atoms with Crippen LogP contribution in [0.3, 0.4) is 0 Å². The molecule has 5 heterocycles. The number of pyridine rings is 2. The van der Waals surface area contributed by atoms with Gasteiger partial charge in [0.05, 0.1) is 36.7 Å². The monoisotopic (exact) mass is 419 g/mol. The Hall–Kier alpha value is -2.93. The molecule has 7 rings (SSSR count). The molecule has 0 unspecified atom stereocenters. The first-order valence-electron chi connectivity index (χ1n) is 10.8. The Morgan fingerprint density at radius 1 is 1.32 bits per heavy atom. The van der Waals surface area contributed by atoms with Crippen LogP contribution in [0.15, 0.2) is 36.8 Å². The van der Waals surface area contributed by atoms with Gasteiger partial charge in [0, 0.05) is 42.1 Å². The van der Waals surface area contributed by atoms with E-state index >= 15 is 0 Å². The van der Waals surface area contributed by atoms with E-state index in [0.717, 1.165) is 54.9 Å². The largest absolute Gasteiger partial charge is 0.490 e. The number of carbonyl (C=O) groups is 1. The van der Waals surface area contributed by atoms with Crippen LogP contribution in [0.5, 0.6) is 11.6 Å². The fraction of sp³-hybridized carbons (Fsp3) is 0.458. The van der Waals surface area contributed by atoms with Gasteiger partial charge < -0.3 is 18.6 Å². The van der Waals surface area contributed by atoms with E-state index in [1.54, 1.807) is 18.3 Å². The van der Waals surface area contributed by atoms with Gasteiger partial charge in [0.1, 0.15) is 11.4 Å². The minimum atomic E-state index is -0.0529. The number of hydrogen-bond acceptors (Lipinski definition) is 6. The van der Waals surface area contributed by atoms with Crippen LogP contribution in [0.2, 0.25) is 0 Å². The second-order valence-corrected chi connectivity index (χ2v) is 9.40. The molecular weight excluding hydrogens is 394 g/mol. The Morgan fingerprint density at radius 3 is 2.87 bits per heavy atom. The molecule has 0 radical (unpaired) electrons. The predicted molar refractivity (Wildman–Crippen MR) is 113 cm³/mol. The molecule has 0 N–H and O–H groups in total. The summed E-state index contributed by atoms with van der Waals surface area (Å²) in [6.45, 7) is 2.90. The van der Waals surface area contributed by atoms with Gasteiger partial charge in [0.15, 0.2) is 5.78 Å². The van der Waals surface area contributed by atoms with E-state index in [9.17, 15) is 4.79 Å². The Balaban J connectivity index is 1.36. The molecule has 2 saturated carbocycles. The lowest BCUT2D eigenvalue weighted by Crippen LogP contribution is -2.45. The second-order valence-electron chi connectivity index (χ2n) is 9.40. The van der Waals surface area contributed by atoms with Crippen LogP contribution >= 0.6 is 0 Å². The van der Waals surface area contributed by atoms with Gasteiger partial charge in [-0.15, -0.1) is 0 Å². The number of rotatable bonds is 7. The molecule has 3 aromatic rings. The smallest absolute Gasteiger partial charge is 0.224 e. The maximum Gasteiger partial charge on any atom is 0.224 e. The summed E-state index contributed by atoms with van der Waals surface area (Å²) < 4.78 is 19.4. The van der Waals surface area contributed by atoms with E-state index in [1.807, 2.05) is 16.7 Å². The summed E-state index contributed by atoms with van der Waals surface area (Å²) in [4.78, 5) is 22.1. The van der Waals surface area contributed by atoms with Crippen LogP contribution in [-0.2, 0) is 16.6 Å². The van der Waals surface area contributed by atoms with Crippen molar-refractivity contribution in [2.75, 3.05) is 13.7 Å². The van der Waals surface area contributed by atoms with Crippen LogP contribution in [0.1, 0.15) is 54.2 Å². The second kappa shape index (κ2) is 6.53. The van der Waals surface area contributed by atoms with E-state index in [0.29, 0.717) is 11.4 Å². The van der Waals surface area contributed by atoms with E-state index in [-0.39, 0.29) is 29.3 Å². The molecule has 3 aromatic heterocycles. The highest BCUT2D eigenvalue weighted by Crippen LogP contribution is 2.58. The summed E-state index contributed by atoms with van der Waals surface area (Å²) in [7, 11) is 1.53. The van der Waals surface area contributed by atoms with E-state index in [2.05, 4.69) is 18.1 Å². The molecule has 4 fully saturated rings. The molecule has 2 saturated heterocycles. The van der Waals surface area contributed by atoms with Crippen molar-refractivity contribution < 1.29 is 19.0 Å². The zero-order chi connectivity index (χ0) is 21.2. The first-order valence-corrected chi connectivity index (χ1v) is 10.8. The molecule has 0 aromatic carbocycles. The van der Waals surface area contributed by atoms with Crippen LogP contribution in [-0.4, -0.2) is 45.6 Å². The topological polar surface area (TPSA) is 75.0 Å². The van der Waals surface area contributed by atoms with Crippen molar-refractivity contribution in [2.45, 2.75) is 56.1 Å². The maximum absolute atomic E-state index is 13.1. The van der Waals surface area contributed by atoms with Gasteiger partial charge in [-0.1, -0.05) is 0 Å². The summed E-state index contributed by atoms with van der Waals surface area (Å²) in [6.07, 6.45) is 10.3. The Morgan fingerprint density at radius 2 is 2.16 bits per heavy atom. The van der Waals surface area contributed by atoms with Crippen molar-refractivity contribution in [1.29, 1.82) is 0 Å². The van der Waals surface area contributed by atoms with Gasteiger partial charge in [-0.05, 0) is 44.7 Å². The summed E-state index contributed by atoms with van der Waals surface area (Å²) in [5.41, 5.74) is 3.27. The molecule has 2 aliphatic heterocycles. The lowest BCUT2D eigenvalue weighted by atomic mass is 9.62. The van der Waals surface area contributed by atoms with Gasteiger partial charge in [-0.2, -0.15) is 0 Å². The van der Waals surface area contributed by atoms with Gasteiger partial charge >= 0.3 is 0 Å². The van der Waals surface area contributed by atoms with Gasteiger partial charge in [-0.3, -0.25) is 4.79 Å². The van der Waals surface area contributed by atoms with Crippen LogP contribution in [0.4, 0.5) is 0 Å². The molecule has 160 valence electrons. The zero-order valence-corrected chi connectivity index (χ0v) is 17.8. The average Bonchev–Trinajstić information content (AvgIpc) is 3.21. The molecule has 7 nitrogen and oxygen atoms in total. The van der Waals surface area contributed by atoms with Crippen LogP contribution in [0, 0.1) is 0 Å². The van der Waals surface area contributed by atoms with E-state index < -0.39 is 0 Å². The number of methoxy groups -OCH3 is 1. The number of nitrogens with zero attached hydrogens (tertiary/aromatic N) is 3. The molecule has 0 amide bonds. The van der Waals surface area contributed by atoms with E-state index in [4.69, 9.17) is 19.2 Å². The molecule has 7 heteroatoms. The number of aromatic nitrogens is 3. The van der Waals surface area contributed by atoms with Crippen molar-refractivity contribution >= 4 is 11.4 Å². The SMILES string of the molecule is COc1ncccc1C(=O)Cc1cn2cc(C34COC(C)(C3)C4)nc2cc1OC1CC1.